The molecule has 5 fully saturated rings. The molecule has 33 heavy (non-hydrogen) atoms. The van der Waals surface area contributed by atoms with Gasteiger partial charge in [0.2, 0.25) is 0 Å². The smallest absolute Gasteiger partial charge is 0.165 e. The number of nitrogens with zero attached hydrogens (tertiary/aromatic N) is 1. The summed E-state index contributed by atoms with van der Waals surface area (Å²) in [5, 5.41) is 22.8. The van der Waals surface area contributed by atoms with Crippen molar-refractivity contribution in [3.8, 4) is 11.5 Å². The van der Waals surface area contributed by atoms with Gasteiger partial charge in [0, 0.05) is 42.0 Å². The van der Waals surface area contributed by atoms with E-state index in [0.717, 1.165) is 63.2 Å². The van der Waals surface area contributed by atoms with Gasteiger partial charge < -0.3 is 19.7 Å². The standard InChI is InChI=1S/C28H39NO4/c1-4-9-25(2,31)20-15-26-10-11-28(20,32-3)24-27(26)12-13-29(16-17-5-6-17)21(26)14-18-7-8-19(30)23(33-24)22(18)27/h7-8,17,20-21,24,30-31H,4-6,9-16H2,1-3H3/t20-,21-,24-,25?,26-,27+,28-/m1/s1. The highest BCUT2D eigenvalue weighted by Crippen LogP contribution is 2.77. The van der Waals surface area contributed by atoms with Gasteiger partial charge in [-0.15, -0.1) is 0 Å². The van der Waals surface area contributed by atoms with Crippen LogP contribution in [0.15, 0.2) is 12.1 Å². The van der Waals surface area contributed by atoms with Gasteiger partial charge in [-0.2, -0.15) is 0 Å². The lowest BCUT2D eigenvalue weighted by Crippen LogP contribution is -2.82. The second-order valence-corrected chi connectivity index (χ2v) is 12.5. The molecule has 7 aliphatic rings. The van der Waals surface area contributed by atoms with Gasteiger partial charge >= 0.3 is 0 Å². The number of benzene rings is 1. The van der Waals surface area contributed by atoms with Crippen molar-refractivity contribution < 1.29 is 19.7 Å². The predicted molar refractivity (Wildman–Crippen MR) is 126 cm³/mol. The summed E-state index contributed by atoms with van der Waals surface area (Å²) in [5.41, 5.74) is 1.30. The molecule has 180 valence electrons. The van der Waals surface area contributed by atoms with Crippen LogP contribution in [-0.2, 0) is 16.6 Å². The third-order valence-corrected chi connectivity index (χ3v) is 11.2. The normalized spacial score (nSPS) is 44.3. The molecule has 0 amide bonds. The summed E-state index contributed by atoms with van der Waals surface area (Å²) in [6.45, 7) is 6.53. The molecule has 2 spiro atoms. The lowest BCUT2D eigenvalue weighted by atomic mass is 9.33. The second-order valence-electron chi connectivity index (χ2n) is 12.5. The molecule has 2 N–H and O–H groups in total. The molecule has 1 unspecified atom stereocenters. The molecule has 5 nitrogen and oxygen atoms in total. The number of rotatable bonds is 6. The molecule has 5 aliphatic carbocycles. The van der Waals surface area contributed by atoms with E-state index in [1.54, 1.807) is 0 Å². The number of aliphatic hydroxyl groups is 1. The fourth-order valence-corrected chi connectivity index (χ4v) is 9.81. The number of ether oxygens (including phenoxy) is 2. The fourth-order valence-electron chi connectivity index (χ4n) is 9.81. The lowest BCUT2D eigenvalue weighted by molar-refractivity contribution is -0.302. The van der Waals surface area contributed by atoms with Crippen LogP contribution in [0.4, 0.5) is 0 Å². The summed E-state index contributed by atoms with van der Waals surface area (Å²) >= 11 is 0. The molecule has 4 bridgehead atoms. The highest BCUT2D eigenvalue weighted by atomic mass is 16.6. The lowest BCUT2D eigenvalue weighted by Gasteiger charge is -2.75. The van der Waals surface area contributed by atoms with E-state index < -0.39 is 11.2 Å². The quantitative estimate of drug-likeness (QED) is 0.677. The first-order valence-electron chi connectivity index (χ1n) is 13.4. The molecule has 1 aromatic carbocycles. The van der Waals surface area contributed by atoms with Gasteiger partial charge in [0.25, 0.3) is 0 Å². The third kappa shape index (κ3) is 2.31. The number of hydrogen-bond acceptors (Lipinski definition) is 5. The van der Waals surface area contributed by atoms with Crippen molar-refractivity contribution in [2.75, 3.05) is 20.2 Å². The first-order chi connectivity index (χ1) is 15.8. The zero-order chi connectivity index (χ0) is 22.8. The van der Waals surface area contributed by atoms with Crippen LogP contribution in [0.3, 0.4) is 0 Å². The fraction of sp³-hybridized carbons (Fsp3) is 0.786. The number of fused-ring (bicyclic) bond motifs is 2. The van der Waals surface area contributed by atoms with Crippen molar-refractivity contribution in [2.45, 2.75) is 100 Å². The van der Waals surface area contributed by atoms with Gasteiger partial charge in [-0.05, 0) is 82.4 Å². The minimum Gasteiger partial charge on any atom is -0.504 e. The van der Waals surface area contributed by atoms with Crippen LogP contribution < -0.4 is 4.74 Å². The monoisotopic (exact) mass is 453 g/mol. The molecular formula is C28H39NO4. The van der Waals surface area contributed by atoms with Crippen molar-refractivity contribution in [2.24, 2.45) is 17.3 Å². The summed E-state index contributed by atoms with van der Waals surface area (Å²) in [5.74, 6) is 1.89. The number of hydrogen-bond donors (Lipinski definition) is 2. The summed E-state index contributed by atoms with van der Waals surface area (Å²) in [4.78, 5) is 2.82. The first kappa shape index (κ1) is 21.0. The van der Waals surface area contributed by atoms with Gasteiger partial charge in [-0.3, -0.25) is 4.90 Å². The van der Waals surface area contributed by atoms with Crippen molar-refractivity contribution in [1.82, 2.24) is 4.90 Å². The number of aromatic hydroxyl groups is 1. The van der Waals surface area contributed by atoms with E-state index in [9.17, 15) is 10.2 Å². The minimum absolute atomic E-state index is 0.0307. The number of methoxy groups -OCH3 is 1. The number of piperidine rings is 1. The van der Waals surface area contributed by atoms with Gasteiger partial charge in [0.05, 0.1) is 5.60 Å². The molecule has 8 rings (SSSR count). The molecule has 7 atom stereocenters. The van der Waals surface area contributed by atoms with E-state index in [1.807, 2.05) is 20.1 Å². The maximum absolute atomic E-state index is 11.9. The highest BCUT2D eigenvalue weighted by molar-refractivity contribution is 5.63. The minimum atomic E-state index is -0.796. The molecule has 0 aromatic heterocycles. The zero-order valence-corrected chi connectivity index (χ0v) is 20.4. The Hall–Kier alpha value is -1.30. The van der Waals surface area contributed by atoms with Crippen LogP contribution in [-0.4, -0.2) is 58.7 Å². The van der Waals surface area contributed by atoms with Crippen LogP contribution in [0, 0.1) is 17.3 Å². The van der Waals surface area contributed by atoms with Crippen molar-refractivity contribution in [1.29, 1.82) is 0 Å². The Bertz CT molecular complexity index is 1000. The van der Waals surface area contributed by atoms with Gasteiger partial charge in [-0.1, -0.05) is 19.4 Å². The molecular weight excluding hydrogens is 414 g/mol. The van der Waals surface area contributed by atoms with E-state index >= 15 is 0 Å². The van der Waals surface area contributed by atoms with Crippen LogP contribution in [0.1, 0.15) is 76.3 Å². The van der Waals surface area contributed by atoms with E-state index in [1.165, 1.54) is 30.5 Å². The maximum atomic E-state index is 11.9. The summed E-state index contributed by atoms with van der Waals surface area (Å²) in [6, 6.07) is 4.48. The molecule has 2 aliphatic heterocycles. The van der Waals surface area contributed by atoms with Crippen LogP contribution in [0.5, 0.6) is 11.5 Å². The van der Waals surface area contributed by atoms with Gasteiger partial charge in [-0.25, -0.2) is 0 Å². The SMILES string of the molecule is CCCC(C)(O)[C@H]1C[C@@]23CC[C@]1(OC)[C@@H]1Oc4c(O)ccc5c4[C@@]12CCN(CC1CC1)[C@@H]3C5. The van der Waals surface area contributed by atoms with Crippen molar-refractivity contribution in [3.63, 3.8) is 0 Å². The number of phenols is 1. The third-order valence-electron chi connectivity index (χ3n) is 11.2. The van der Waals surface area contributed by atoms with Gasteiger partial charge in [0.1, 0.15) is 11.7 Å². The second kappa shape index (κ2) is 6.47. The molecule has 0 radical (unpaired) electrons. The van der Waals surface area contributed by atoms with Crippen LogP contribution >= 0.6 is 0 Å². The Morgan fingerprint density at radius 3 is 2.79 bits per heavy atom. The molecule has 1 saturated heterocycles. The average molecular weight is 454 g/mol. The molecule has 5 heteroatoms. The predicted octanol–water partition coefficient (Wildman–Crippen LogP) is 4.17. The topological polar surface area (TPSA) is 62.2 Å². The summed E-state index contributed by atoms with van der Waals surface area (Å²) in [7, 11) is 1.83. The molecule has 2 heterocycles. The first-order valence-corrected chi connectivity index (χ1v) is 13.4. The van der Waals surface area contributed by atoms with E-state index in [2.05, 4.69) is 17.9 Å². The zero-order valence-electron chi connectivity index (χ0n) is 20.4. The largest absolute Gasteiger partial charge is 0.504 e. The summed E-state index contributed by atoms with van der Waals surface area (Å²) in [6.07, 6.45) is 9.50. The highest BCUT2D eigenvalue weighted by Gasteiger charge is 2.81. The van der Waals surface area contributed by atoms with Crippen molar-refractivity contribution >= 4 is 0 Å². The van der Waals surface area contributed by atoms with Crippen molar-refractivity contribution in [3.05, 3.63) is 23.3 Å². The van der Waals surface area contributed by atoms with Crippen LogP contribution in [0.25, 0.3) is 0 Å². The Kier molecular flexibility index (Phi) is 4.12. The van der Waals surface area contributed by atoms with E-state index in [0.29, 0.717) is 6.04 Å². The molecule has 1 aromatic rings. The average Bonchev–Trinajstić information content (AvgIpc) is 3.54. The van der Waals surface area contributed by atoms with E-state index in [4.69, 9.17) is 9.47 Å². The Labute approximate surface area is 197 Å². The number of likely N-dealkylation sites (tertiary alicyclic amines) is 1. The molecule has 4 saturated carbocycles. The number of phenolic OH excluding ortho intramolecular Hbond substituents is 1. The van der Waals surface area contributed by atoms with Gasteiger partial charge in [0.15, 0.2) is 11.5 Å². The van der Waals surface area contributed by atoms with E-state index in [-0.39, 0.29) is 28.6 Å². The maximum Gasteiger partial charge on any atom is 0.165 e. The summed E-state index contributed by atoms with van der Waals surface area (Å²) < 4.78 is 13.4. The Morgan fingerprint density at radius 1 is 1.24 bits per heavy atom. The Morgan fingerprint density at radius 2 is 2.06 bits per heavy atom. The Balaban J connectivity index is 1.46. The van der Waals surface area contributed by atoms with Crippen LogP contribution in [0.2, 0.25) is 0 Å².